The van der Waals surface area contributed by atoms with Crippen molar-refractivity contribution in [2.45, 2.75) is 13.0 Å². The minimum Gasteiger partial charge on any atom is -0.336 e. The van der Waals surface area contributed by atoms with E-state index in [0.29, 0.717) is 6.04 Å². The summed E-state index contributed by atoms with van der Waals surface area (Å²) in [5, 5.41) is 3.33. The van der Waals surface area contributed by atoms with Crippen molar-refractivity contribution in [1.29, 1.82) is 0 Å². The largest absolute Gasteiger partial charge is 0.336 e. The van der Waals surface area contributed by atoms with Gasteiger partial charge in [0.25, 0.3) is 5.91 Å². The van der Waals surface area contributed by atoms with E-state index < -0.39 is 0 Å². The number of piperazine rings is 1. The smallest absolute Gasteiger partial charge is 0.256 e. The van der Waals surface area contributed by atoms with E-state index in [1.807, 2.05) is 11.0 Å². The highest BCUT2D eigenvalue weighted by molar-refractivity contribution is 9.12. The van der Waals surface area contributed by atoms with Gasteiger partial charge in [-0.05, 0) is 44.8 Å². The van der Waals surface area contributed by atoms with Crippen LogP contribution in [0.1, 0.15) is 17.3 Å². The lowest BCUT2D eigenvalue weighted by molar-refractivity contribution is 0.0709. The first-order valence-electron chi connectivity index (χ1n) is 5.05. The monoisotopic (exact) mass is 402 g/mol. The van der Waals surface area contributed by atoms with Crippen molar-refractivity contribution in [3.63, 3.8) is 0 Å². The average Bonchev–Trinajstić information content (AvgIpc) is 2.57. The highest BCUT2D eigenvalue weighted by atomic mass is 79.9. The quantitative estimate of drug-likeness (QED) is 0.780. The molecular formula is C10H13Br2ClN2OS. The summed E-state index contributed by atoms with van der Waals surface area (Å²) in [6.07, 6.45) is 0. The predicted octanol–water partition coefficient (Wildman–Crippen LogP) is 3.13. The number of nitrogens with zero attached hydrogens (tertiary/aromatic N) is 1. The second kappa shape index (κ2) is 6.52. The maximum absolute atomic E-state index is 12.2. The zero-order valence-corrected chi connectivity index (χ0v) is 14.0. The fraction of sp³-hybridized carbons (Fsp3) is 0.500. The molecule has 7 heteroatoms. The van der Waals surface area contributed by atoms with Crippen LogP contribution in [-0.4, -0.2) is 36.5 Å². The summed E-state index contributed by atoms with van der Waals surface area (Å²) in [4.78, 5) is 14.1. The van der Waals surface area contributed by atoms with Crippen molar-refractivity contribution in [2.24, 2.45) is 0 Å². The van der Waals surface area contributed by atoms with E-state index >= 15 is 0 Å². The van der Waals surface area contributed by atoms with Crippen LogP contribution < -0.4 is 5.32 Å². The average molecular weight is 405 g/mol. The van der Waals surface area contributed by atoms with Crippen LogP contribution in [0.25, 0.3) is 0 Å². The minimum atomic E-state index is 0. The van der Waals surface area contributed by atoms with Crippen molar-refractivity contribution >= 4 is 61.5 Å². The van der Waals surface area contributed by atoms with Gasteiger partial charge in [-0.1, -0.05) is 0 Å². The molecule has 96 valence electrons. The highest BCUT2D eigenvalue weighted by Gasteiger charge is 2.24. The van der Waals surface area contributed by atoms with Gasteiger partial charge < -0.3 is 10.2 Å². The number of hydrogen-bond acceptors (Lipinski definition) is 3. The lowest BCUT2D eigenvalue weighted by Gasteiger charge is -2.31. The number of carbonyl (C=O) groups is 1. The molecule has 0 spiro atoms. The first kappa shape index (κ1) is 15.4. The molecule has 1 aliphatic heterocycles. The number of nitrogens with one attached hydrogen (secondary N) is 1. The molecule has 0 aliphatic carbocycles. The van der Waals surface area contributed by atoms with Gasteiger partial charge in [-0.2, -0.15) is 0 Å². The Labute approximate surface area is 128 Å². The van der Waals surface area contributed by atoms with E-state index in [0.717, 1.165) is 32.8 Å². The molecule has 1 aromatic rings. The Morgan fingerprint density at radius 1 is 1.59 bits per heavy atom. The number of carbonyl (C=O) groups excluding carboxylic acids is 1. The van der Waals surface area contributed by atoms with Crippen LogP contribution in [0.2, 0.25) is 0 Å². The molecule has 1 saturated heterocycles. The molecule has 2 heterocycles. The lowest BCUT2D eigenvalue weighted by atomic mass is 10.2. The summed E-state index contributed by atoms with van der Waals surface area (Å²) in [7, 11) is 0. The molecule has 1 aromatic heterocycles. The van der Waals surface area contributed by atoms with E-state index in [9.17, 15) is 4.79 Å². The van der Waals surface area contributed by atoms with Crippen LogP contribution in [0.5, 0.6) is 0 Å². The van der Waals surface area contributed by atoms with Crippen molar-refractivity contribution in [3.8, 4) is 0 Å². The molecular weight excluding hydrogens is 391 g/mol. The van der Waals surface area contributed by atoms with Crippen molar-refractivity contribution in [3.05, 3.63) is 19.2 Å². The molecule has 0 bridgehead atoms. The Morgan fingerprint density at radius 3 is 2.82 bits per heavy atom. The molecule has 1 unspecified atom stereocenters. The van der Waals surface area contributed by atoms with Crippen LogP contribution in [-0.2, 0) is 0 Å². The van der Waals surface area contributed by atoms with Gasteiger partial charge in [0.2, 0.25) is 0 Å². The van der Waals surface area contributed by atoms with Gasteiger partial charge in [0, 0.05) is 25.7 Å². The maximum atomic E-state index is 12.2. The predicted molar refractivity (Wildman–Crippen MR) is 80.3 cm³/mol. The molecule has 1 atom stereocenters. The first-order valence-corrected chi connectivity index (χ1v) is 7.45. The fourth-order valence-electron chi connectivity index (χ4n) is 1.77. The SMILES string of the molecule is CC1CN(C(=O)c2cc(Br)sc2Br)CCN1.Cl. The Morgan fingerprint density at radius 2 is 2.29 bits per heavy atom. The molecule has 1 fully saturated rings. The highest BCUT2D eigenvalue weighted by Crippen LogP contribution is 2.32. The zero-order chi connectivity index (χ0) is 11.7. The third-order valence-corrected chi connectivity index (χ3v) is 4.88. The van der Waals surface area contributed by atoms with Crippen LogP contribution in [0.3, 0.4) is 0 Å². The van der Waals surface area contributed by atoms with Crippen LogP contribution in [0, 0.1) is 0 Å². The van der Waals surface area contributed by atoms with E-state index in [1.54, 1.807) is 0 Å². The Hall–Kier alpha value is 0.380. The molecule has 0 radical (unpaired) electrons. The molecule has 1 aliphatic rings. The summed E-state index contributed by atoms with van der Waals surface area (Å²) in [5.74, 6) is 0.113. The van der Waals surface area contributed by atoms with Crippen LogP contribution >= 0.6 is 55.6 Å². The second-order valence-electron chi connectivity index (χ2n) is 3.84. The van der Waals surface area contributed by atoms with E-state index in [-0.39, 0.29) is 18.3 Å². The molecule has 0 saturated carbocycles. The molecule has 0 aromatic carbocycles. The Balaban J connectivity index is 0.00000144. The Bertz CT molecular complexity index is 413. The summed E-state index contributed by atoms with van der Waals surface area (Å²) in [6, 6.07) is 2.25. The van der Waals surface area contributed by atoms with Gasteiger partial charge >= 0.3 is 0 Å². The van der Waals surface area contributed by atoms with Gasteiger partial charge in [0.1, 0.15) is 0 Å². The van der Waals surface area contributed by atoms with Crippen molar-refractivity contribution < 1.29 is 4.79 Å². The number of hydrogen-bond donors (Lipinski definition) is 1. The summed E-state index contributed by atoms with van der Waals surface area (Å²) in [5.41, 5.74) is 0.756. The van der Waals surface area contributed by atoms with Gasteiger partial charge in [-0.25, -0.2) is 0 Å². The lowest BCUT2D eigenvalue weighted by Crippen LogP contribution is -2.51. The third-order valence-electron chi connectivity index (χ3n) is 2.54. The van der Waals surface area contributed by atoms with E-state index in [1.165, 1.54) is 11.3 Å². The fourth-order valence-corrected chi connectivity index (χ4v) is 4.55. The summed E-state index contributed by atoms with van der Waals surface area (Å²) >= 11 is 8.35. The summed E-state index contributed by atoms with van der Waals surface area (Å²) in [6.45, 7) is 4.52. The normalized spacial score (nSPS) is 19.9. The van der Waals surface area contributed by atoms with E-state index in [2.05, 4.69) is 44.1 Å². The molecule has 2 rings (SSSR count). The van der Waals surface area contributed by atoms with Gasteiger partial charge in [-0.3, -0.25) is 4.79 Å². The Kier molecular flexibility index (Phi) is 5.92. The third kappa shape index (κ3) is 3.67. The number of amides is 1. The van der Waals surface area contributed by atoms with Gasteiger partial charge in [0.05, 0.1) is 13.1 Å². The number of thiophene rings is 1. The van der Waals surface area contributed by atoms with Crippen LogP contribution in [0.15, 0.2) is 13.6 Å². The van der Waals surface area contributed by atoms with Crippen molar-refractivity contribution in [1.82, 2.24) is 10.2 Å². The summed E-state index contributed by atoms with van der Waals surface area (Å²) < 4.78 is 1.88. The molecule has 1 N–H and O–H groups in total. The van der Waals surface area contributed by atoms with E-state index in [4.69, 9.17) is 0 Å². The standard InChI is InChI=1S/C10H12Br2N2OS.ClH/c1-6-5-14(3-2-13-6)10(15)7-4-8(11)16-9(7)12;/h4,6,13H,2-3,5H2,1H3;1H. The van der Waals surface area contributed by atoms with Gasteiger partial charge in [-0.15, -0.1) is 23.7 Å². The van der Waals surface area contributed by atoms with Crippen LogP contribution in [0.4, 0.5) is 0 Å². The zero-order valence-electron chi connectivity index (χ0n) is 9.20. The molecule has 3 nitrogen and oxygen atoms in total. The second-order valence-corrected chi connectivity index (χ2v) is 7.59. The number of halogens is 3. The van der Waals surface area contributed by atoms with Gasteiger partial charge in [0.15, 0.2) is 0 Å². The van der Waals surface area contributed by atoms with Crippen molar-refractivity contribution in [2.75, 3.05) is 19.6 Å². The number of rotatable bonds is 1. The molecule has 1 amide bonds. The first-order chi connectivity index (χ1) is 7.58. The minimum absolute atomic E-state index is 0. The maximum Gasteiger partial charge on any atom is 0.256 e. The molecule has 17 heavy (non-hydrogen) atoms. The topological polar surface area (TPSA) is 32.3 Å².